The van der Waals surface area contributed by atoms with Crippen LogP contribution in [0.2, 0.25) is 0 Å². The van der Waals surface area contributed by atoms with Gasteiger partial charge in [0.05, 0.1) is 3.79 Å². The second-order valence-corrected chi connectivity index (χ2v) is 6.81. The topological polar surface area (TPSA) is 35.2 Å². The van der Waals surface area contributed by atoms with Crippen molar-refractivity contribution in [1.82, 2.24) is 0 Å². The number of thiophene rings is 1. The van der Waals surface area contributed by atoms with Crippen LogP contribution < -0.4 is 5.73 Å². The van der Waals surface area contributed by atoms with Crippen molar-refractivity contribution in [2.24, 2.45) is 11.7 Å². The molecule has 15 heavy (non-hydrogen) atoms. The molecule has 0 aromatic carbocycles. The lowest BCUT2D eigenvalue weighted by Gasteiger charge is -2.17. The molecule has 5 heteroatoms. The molecule has 0 radical (unpaired) electrons. The van der Waals surface area contributed by atoms with Gasteiger partial charge in [0.2, 0.25) is 0 Å². The quantitative estimate of drug-likeness (QED) is 0.866. The Balaban J connectivity index is 2.62. The zero-order valence-electron chi connectivity index (χ0n) is 8.80. The van der Waals surface area contributed by atoms with Crippen molar-refractivity contribution in [2.75, 3.05) is 13.7 Å². The Kier molecular flexibility index (Phi) is 5.77. The summed E-state index contributed by atoms with van der Waals surface area (Å²) in [7, 11) is 1.72. The predicted molar refractivity (Wildman–Crippen MR) is 72.3 cm³/mol. The van der Waals surface area contributed by atoms with Crippen LogP contribution in [0.4, 0.5) is 0 Å². The molecule has 2 unspecified atom stereocenters. The molecule has 2 N–H and O–H groups in total. The van der Waals surface area contributed by atoms with E-state index < -0.39 is 0 Å². The fraction of sp³-hybridized carbons (Fsp3) is 0.600. The molecule has 2 atom stereocenters. The van der Waals surface area contributed by atoms with E-state index in [2.05, 4.69) is 44.8 Å². The van der Waals surface area contributed by atoms with Crippen molar-refractivity contribution in [3.05, 3.63) is 19.2 Å². The summed E-state index contributed by atoms with van der Waals surface area (Å²) in [5.74, 6) is 0.433. The SMILES string of the molecule is COCCC(C)C(N)c1cc(Br)c(Br)s1. The number of rotatable bonds is 5. The molecule has 0 spiro atoms. The Morgan fingerprint density at radius 2 is 2.20 bits per heavy atom. The van der Waals surface area contributed by atoms with Crippen LogP contribution >= 0.6 is 43.2 Å². The standard InChI is InChI=1S/C10H15Br2NOS/c1-6(3-4-14-2)9(13)8-5-7(11)10(12)15-8/h5-6,9H,3-4,13H2,1-2H3. The van der Waals surface area contributed by atoms with E-state index in [4.69, 9.17) is 10.5 Å². The van der Waals surface area contributed by atoms with Crippen LogP contribution in [0, 0.1) is 5.92 Å². The van der Waals surface area contributed by atoms with Gasteiger partial charge in [-0.1, -0.05) is 6.92 Å². The van der Waals surface area contributed by atoms with Crippen molar-refractivity contribution in [3.63, 3.8) is 0 Å². The van der Waals surface area contributed by atoms with E-state index in [9.17, 15) is 0 Å². The van der Waals surface area contributed by atoms with Crippen LogP contribution in [-0.4, -0.2) is 13.7 Å². The first-order chi connectivity index (χ1) is 7.06. The highest BCUT2D eigenvalue weighted by Crippen LogP contribution is 2.37. The van der Waals surface area contributed by atoms with Gasteiger partial charge >= 0.3 is 0 Å². The van der Waals surface area contributed by atoms with E-state index in [1.54, 1.807) is 18.4 Å². The fourth-order valence-electron chi connectivity index (χ4n) is 1.29. The van der Waals surface area contributed by atoms with Crippen molar-refractivity contribution < 1.29 is 4.74 Å². The summed E-state index contributed by atoms with van der Waals surface area (Å²) in [5.41, 5.74) is 6.17. The van der Waals surface area contributed by atoms with E-state index in [0.717, 1.165) is 21.3 Å². The minimum absolute atomic E-state index is 0.0905. The molecule has 1 rings (SSSR count). The minimum atomic E-state index is 0.0905. The second kappa shape index (κ2) is 6.35. The van der Waals surface area contributed by atoms with Gasteiger partial charge in [-0.05, 0) is 50.3 Å². The Bertz CT molecular complexity index is 297. The van der Waals surface area contributed by atoms with Gasteiger partial charge < -0.3 is 10.5 Å². The van der Waals surface area contributed by atoms with Crippen LogP contribution in [0.5, 0.6) is 0 Å². The molecule has 0 amide bonds. The van der Waals surface area contributed by atoms with Crippen molar-refractivity contribution in [3.8, 4) is 0 Å². The monoisotopic (exact) mass is 355 g/mol. The van der Waals surface area contributed by atoms with E-state index in [-0.39, 0.29) is 6.04 Å². The Labute approximate surface area is 111 Å². The highest BCUT2D eigenvalue weighted by Gasteiger charge is 2.17. The maximum atomic E-state index is 6.17. The Hall–Kier alpha value is 0.580. The van der Waals surface area contributed by atoms with Gasteiger partial charge in [-0.2, -0.15) is 0 Å². The molecular formula is C10H15Br2NOS. The third-order valence-electron chi connectivity index (χ3n) is 2.38. The lowest BCUT2D eigenvalue weighted by molar-refractivity contribution is 0.175. The van der Waals surface area contributed by atoms with Gasteiger partial charge in [-0.3, -0.25) is 0 Å². The van der Waals surface area contributed by atoms with Crippen molar-refractivity contribution in [1.29, 1.82) is 0 Å². The maximum Gasteiger partial charge on any atom is 0.0843 e. The number of hydrogen-bond acceptors (Lipinski definition) is 3. The zero-order chi connectivity index (χ0) is 11.4. The number of nitrogens with two attached hydrogens (primary N) is 1. The Morgan fingerprint density at radius 3 is 2.67 bits per heavy atom. The van der Waals surface area contributed by atoms with E-state index >= 15 is 0 Å². The number of ether oxygens (including phenoxy) is 1. The van der Waals surface area contributed by atoms with Crippen molar-refractivity contribution in [2.45, 2.75) is 19.4 Å². The lowest BCUT2D eigenvalue weighted by atomic mass is 9.98. The van der Waals surface area contributed by atoms with Gasteiger partial charge in [0.25, 0.3) is 0 Å². The normalized spacial score (nSPS) is 15.3. The molecule has 86 valence electrons. The van der Waals surface area contributed by atoms with Gasteiger partial charge in [-0.25, -0.2) is 0 Å². The van der Waals surface area contributed by atoms with E-state index in [1.807, 2.05) is 0 Å². The van der Waals surface area contributed by atoms with Gasteiger partial charge in [0.1, 0.15) is 0 Å². The molecule has 2 nitrogen and oxygen atoms in total. The molecule has 0 saturated heterocycles. The predicted octanol–water partition coefficient (Wildman–Crippen LogP) is 3.95. The summed E-state index contributed by atoms with van der Waals surface area (Å²) < 4.78 is 7.24. The molecular weight excluding hydrogens is 342 g/mol. The van der Waals surface area contributed by atoms with Crippen LogP contribution in [0.15, 0.2) is 14.3 Å². The van der Waals surface area contributed by atoms with Crippen LogP contribution in [0.25, 0.3) is 0 Å². The minimum Gasteiger partial charge on any atom is -0.385 e. The average molecular weight is 357 g/mol. The molecule has 0 aliphatic heterocycles. The first-order valence-corrected chi connectivity index (χ1v) is 7.15. The molecule has 0 fully saturated rings. The van der Waals surface area contributed by atoms with Crippen LogP contribution in [0.3, 0.4) is 0 Å². The Morgan fingerprint density at radius 1 is 1.53 bits per heavy atom. The molecule has 0 bridgehead atoms. The smallest absolute Gasteiger partial charge is 0.0843 e. The summed E-state index contributed by atoms with van der Waals surface area (Å²) in [6, 6.07) is 2.18. The average Bonchev–Trinajstić information content (AvgIpc) is 2.54. The van der Waals surface area contributed by atoms with Crippen molar-refractivity contribution >= 4 is 43.2 Å². The van der Waals surface area contributed by atoms with Crippen LogP contribution in [0.1, 0.15) is 24.3 Å². The zero-order valence-corrected chi connectivity index (χ0v) is 12.8. The molecule has 1 heterocycles. The lowest BCUT2D eigenvalue weighted by Crippen LogP contribution is -2.19. The highest BCUT2D eigenvalue weighted by atomic mass is 79.9. The molecule has 1 aromatic rings. The molecule has 0 saturated carbocycles. The summed E-state index contributed by atoms with van der Waals surface area (Å²) in [6.07, 6.45) is 0.991. The fourth-order valence-corrected chi connectivity index (χ4v) is 3.52. The third-order valence-corrected chi connectivity index (χ3v) is 5.74. The summed E-state index contributed by atoms with van der Waals surface area (Å²) >= 11 is 8.64. The second-order valence-electron chi connectivity index (χ2n) is 3.55. The highest BCUT2D eigenvalue weighted by molar-refractivity contribution is 9.13. The van der Waals surface area contributed by atoms with Gasteiger partial charge in [-0.15, -0.1) is 11.3 Å². The number of methoxy groups -OCH3 is 1. The molecule has 1 aromatic heterocycles. The first-order valence-electron chi connectivity index (χ1n) is 4.75. The van der Waals surface area contributed by atoms with E-state index in [1.165, 1.54) is 4.88 Å². The number of halogens is 2. The molecule has 0 aliphatic rings. The summed E-state index contributed by atoms with van der Waals surface area (Å²) in [6.45, 7) is 2.92. The molecule has 0 aliphatic carbocycles. The van der Waals surface area contributed by atoms with E-state index in [0.29, 0.717) is 5.92 Å². The van der Waals surface area contributed by atoms with Crippen LogP contribution in [-0.2, 0) is 4.74 Å². The largest absolute Gasteiger partial charge is 0.385 e. The third kappa shape index (κ3) is 3.82. The van der Waals surface area contributed by atoms with Gasteiger partial charge in [0, 0.05) is 29.1 Å². The van der Waals surface area contributed by atoms with Gasteiger partial charge in [0.15, 0.2) is 0 Å². The summed E-state index contributed by atoms with van der Waals surface area (Å²) in [5, 5.41) is 0. The number of hydrogen-bond donors (Lipinski definition) is 1. The first kappa shape index (κ1) is 13.6. The summed E-state index contributed by atoms with van der Waals surface area (Å²) in [4.78, 5) is 1.21. The maximum absolute atomic E-state index is 6.17.